The zero-order valence-electron chi connectivity index (χ0n) is 9.63. The molecule has 88 valence electrons. The zero-order valence-corrected chi connectivity index (χ0v) is 11.2. The van der Waals surface area contributed by atoms with Gasteiger partial charge in [0.2, 0.25) is 0 Å². The van der Waals surface area contributed by atoms with E-state index < -0.39 is 0 Å². The predicted octanol–water partition coefficient (Wildman–Crippen LogP) is 2.33. The zero-order chi connectivity index (χ0) is 10.5. The standard InChI is InChI=1S/C12H23BrN2/c13-6-11-14-9-4-12(5-10-14)15-7-2-1-3-8-15/h12H,1-11H2. The molecule has 3 heteroatoms. The Morgan fingerprint density at radius 3 is 2.20 bits per heavy atom. The maximum atomic E-state index is 3.52. The molecule has 0 amide bonds. The van der Waals surface area contributed by atoms with Crippen molar-refractivity contribution in [3.63, 3.8) is 0 Å². The van der Waals surface area contributed by atoms with Crippen LogP contribution in [0.15, 0.2) is 0 Å². The van der Waals surface area contributed by atoms with Gasteiger partial charge in [0, 0.05) is 17.9 Å². The summed E-state index contributed by atoms with van der Waals surface area (Å²) in [4.78, 5) is 5.34. The first-order valence-electron chi connectivity index (χ1n) is 6.42. The Bertz CT molecular complexity index is 172. The fourth-order valence-corrected chi connectivity index (χ4v) is 3.41. The number of alkyl halides is 1. The van der Waals surface area contributed by atoms with Crippen LogP contribution in [0.1, 0.15) is 32.1 Å². The lowest BCUT2D eigenvalue weighted by Crippen LogP contribution is -2.46. The van der Waals surface area contributed by atoms with Gasteiger partial charge in [-0.3, -0.25) is 0 Å². The molecule has 2 rings (SSSR count). The maximum Gasteiger partial charge on any atom is 0.0159 e. The summed E-state index contributed by atoms with van der Waals surface area (Å²) in [5, 5.41) is 1.13. The van der Waals surface area contributed by atoms with Gasteiger partial charge in [-0.05, 0) is 51.9 Å². The van der Waals surface area contributed by atoms with Crippen LogP contribution in [0.2, 0.25) is 0 Å². The highest BCUT2D eigenvalue weighted by molar-refractivity contribution is 9.09. The van der Waals surface area contributed by atoms with Gasteiger partial charge in [-0.25, -0.2) is 0 Å². The third kappa shape index (κ3) is 3.43. The maximum absolute atomic E-state index is 3.52. The number of hydrogen-bond donors (Lipinski definition) is 0. The molecule has 0 unspecified atom stereocenters. The normalized spacial score (nSPS) is 27.0. The molecule has 2 saturated heterocycles. The molecule has 0 N–H and O–H groups in total. The van der Waals surface area contributed by atoms with Crippen molar-refractivity contribution in [2.75, 3.05) is 38.1 Å². The SMILES string of the molecule is BrCCN1CCC(N2CCCCC2)CC1. The van der Waals surface area contributed by atoms with Crippen LogP contribution in [0.5, 0.6) is 0 Å². The van der Waals surface area contributed by atoms with Crippen molar-refractivity contribution >= 4 is 15.9 Å². The second-order valence-corrected chi connectivity index (χ2v) is 5.65. The van der Waals surface area contributed by atoms with Crippen molar-refractivity contribution in [2.24, 2.45) is 0 Å². The van der Waals surface area contributed by atoms with Gasteiger partial charge in [-0.1, -0.05) is 22.4 Å². The van der Waals surface area contributed by atoms with Crippen LogP contribution in [0.4, 0.5) is 0 Å². The number of halogens is 1. The van der Waals surface area contributed by atoms with Gasteiger partial charge in [-0.2, -0.15) is 0 Å². The Balaban J connectivity index is 1.72. The van der Waals surface area contributed by atoms with Crippen molar-refractivity contribution in [1.82, 2.24) is 9.80 Å². The second-order valence-electron chi connectivity index (χ2n) is 4.86. The van der Waals surface area contributed by atoms with Crippen LogP contribution < -0.4 is 0 Å². The fourth-order valence-electron chi connectivity index (χ4n) is 2.91. The van der Waals surface area contributed by atoms with Crippen molar-refractivity contribution in [3.05, 3.63) is 0 Å². The summed E-state index contributed by atoms with van der Waals surface area (Å²) in [6.07, 6.45) is 7.11. The summed E-state index contributed by atoms with van der Waals surface area (Å²) in [5.41, 5.74) is 0. The van der Waals surface area contributed by atoms with Gasteiger partial charge in [0.25, 0.3) is 0 Å². The topological polar surface area (TPSA) is 6.48 Å². The predicted molar refractivity (Wildman–Crippen MR) is 68.7 cm³/mol. The Kier molecular flexibility index (Phi) is 4.92. The van der Waals surface area contributed by atoms with Crippen molar-refractivity contribution in [3.8, 4) is 0 Å². The van der Waals surface area contributed by atoms with E-state index in [1.54, 1.807) is 0 Å². The van der Waals surface area contributed by atoms with Crippen LogP contribution in [0.3, 0.4) is 0 Å². The van der Waals surface area contributed by atoms with Crippen molar-refractivity contribution < 1.29 is 0 Å². The molecule has 0 aromatic heterocycles. The number of hydrogen-bond acceptors (Lipinski definition) is 2. The highest BCUT2D eigenvalue weighted by Gasteiger charge is 2.24. The Morgan fingerprint density at radius 1 is 0.933 bits per heavy atom. The van der Waals surface area contributed by atoms with E-state index >= 15 is 0 Å². The number of likely N-dealkylation sites (tertiary alicyclic amines) is 2. The van der Waals surface area contributed by atoms with Crippen molar-refractivity contribution in [2.45, 2.75) is 38.1 Å². The van der Waals surface area contributed by atoms with Gasteiger partial charge in [-0.15, -0.1) is 0 Å². The van der Waals surface area contributed by atoms with Crippen LogP contribution in [0, 0.1) is 0 Å². The van der Waals surface area contributed by atoms with Gasteiger partial charge in [0.05, 0.1) is 0 Å². The first kappa shape index (κ1) is 11.9. The molecule has 0 atom stereocenters. The van der Waals surface area contributed by atoms with E-state index in [0.29, 0.717) is 0 Å². The van der Waals surface area contributed by atoms with E-state index in [9.17, 15) is 0 Å². The summed E-state index contributed by atoms with van der Waals surface area (Å²) >= 11 is 3.52. The summed E-state index contributed by atoms with van der Waals surface area (Å²) in [5.74, 6) is 0. The first-order chi connectivity index (χ1) is 7.40. The van der Waals surface area contributed by atoms with E-state index in [1.807, 2.05) is 0 Å². The average Bonchev–Trinajstić information content (AvgIpc) is 2.32. The smallest absolute Gasteiger partial charge is 0.0159 e. The first-order valence-corrected chi connectivity index (χ1v) is 7.54. The molecule has 2 heterocycles. The molecule has 0 radical (unpaired) electrons. The molecule has 15 heavy (non-hydrogen) atoms. The third-order valence-electron chi connectivity index (χ3n) is 3.86. The van der Waals surface area contributed by atoms with Crippen LogP contribution in [0.25, 0.3) is 0 Å². The minimum atomic E-state index is 0.900. The van der Waals surface area contributed by atoms with Gasteiger partial charge in [0.1, 0.15) is 0 Å². The van der Waals surface area contributed by atoms with E-state index in [2.05, 4.69) is 25.7 Å². The molecule has 2 aliphatic rings. The molecule has 0 aromatic rings. The number of piperidine rings is 2. The number of rotatable bonds is 3. The lowest BCUT2D eigenvalue weighted by atomic mass is 10.00. The largest absolute Gasteiger partial charge is 0.302 e. The van der Waals surface area contributed by atoms with E-state index in [0.717, 1.165) is 11.4 Å². The molecule has 0 saturated carbocycles. The summed E-state index contributed by atoms with van der Waals surface area (Å²) in [6.45, 7) is 6.58. The highest BCUT2D eigenvalue weighted by Crippen LogP contribution is 2.20. The summed E-state index contributed by atoms with van der Waals surface area (Å²) in [6, 6.07) is 0.900. The van der Waals surface area contributed by atoms with Crippen molar-refractivity contribution in [1.29, 1.82) is 0 Å². The van der Waals surface area contributed by atoms with Crippen LogP contribution in [-0.4, -0.2) is 53.9 Å². The van der Waals surface area contributed by atoms with E-state index in [1.165, 1.54) is 64.8 Å². The molecular weight excluding hydrogens is 252 g/mol. The van der Waals surface area contributed by atoms with Crippen LogP contribution >= 0.6 is 15.9 Å². The van der Waals surface area contributed by atoms with Gasteiger partial charge >= 0.3 is 0 Å². The highest BCUT2D eigenvalue weighted by atomic mass is 79.9. The molecule has 0 bridgehead atoms. The van der Waals surface area contributed by atoms with E-state index in [-0.39, 0.29) is 0 Å². The molecule has 0 spiro atoms. The molecule has 0 aromatic carbocycles. The summed E-state index contributed by atoms with van der Waals surface area (Å²) < 4.78 is 0. The Labute approximate surface area is 102 Å². The summed E-state index contributed by atoms with van der Waals surface area (Å²) in [7, 11) is 0. The lowest BCUT2D eigenvalue weighted by molar-refractivity contribution is 0.0955. The second kappa shape index (κ2) is 6.21. The molecule has 2 nitrogen and oxygen atoms in total. The minimum absolute atomic E-state index is 0.900. The van der Waals surface area contributed by atoms with Gasteiger partial charge in [0.15, 0.2) is 0 Å². The fraction of sp³-hybridized carbons (Fsp3) is 1.00. The molecular formula is C12H23BrN2. The Hall–Kier alpha value is 0.400. The molecule has 2 aliphatic heterocycles. The lowest BCUT2D eigenvalue weighted by Gasteiger charge is -2.40. The van der Waals surface area contributed by atoms with Crippen LogP contribution in [-0.2, 0) is 0 Å². The number of nitrogens with zero attached hydrogens (tertiary/aromatic N) is 2. The monoisotopic (exact) mass is 274 g/mol. The quantitative estimate of drug-likeness (QED) is 0.729. The van der Waals surface area contributed by atoms with Gasteiger partial charge < -0.3 is 9.80 Å². The molecule has 2 fully saturated rings. The Morgan fingerprint density at radius 2 is 1.60 bits per heavy atom. The average molecular weight is 275 g/mol. The molecule has 0 aliphatic carbocycles. The minimum Gasteiger partial charge on any atom is -0.302 e. The van der Waals surface area contributed by atoms with E-state index in [4.69, 9.17) is 0 Å². The third-order valence-corrected chi connectivity index (χ3v) is 4.22.